The molecule has 1 heteroatoms. The van der Waals surface area contributed by atoms with E-state index in [-0.39, 0.29) is 17.4 Å². The summed E-state index contributed by atoms with van der Waals surface area (Å²) in [4.78, 5) is 0. The van der Waals surface area contributed by atoms with Crippen molar-refractivity contribution in [3.05, 3.63) is 33.9 Å². The van der Waals surface area contributed by atoms with Gasteiger partial charge in [0.1, 0.15) is 0 Å². The predicted octanol–water partition coefficient (Wildman–Crippen LogP) is 3.58. The van der Waals surface area contributed by atoms with Crippen LogP contribution in [0.2, 0.25) is 0 Å². The van der Waals surface area contributed by atoms with E-state index in [1.807, 2.05) is 0 Å². The Morgan fingerprint density at radius 2 is 1.47 bits per heavy atom. The lowest BCUT2D eigenvalue weighted by molar-refractivity contribution is 0.230. The van der Waals surface area contributed by atoms with E-state index in [1.165, 1.54) is 27.8 Å². The summed E-state index contributed by atoms with van der Waals surface area (Å²) in [5, 5.41) is 9.88. The SMILES string of the molecule is Cc1cc(C)c(C)c(C2(CO)CC2(C)C)c1C. The number of aryl methyl sites for hydroxylation is 2. The molecule has 17 heavy (non-hydrogen) atoms. The van der Waals surface area contributed by atoms with Crippen molar-refractivity contribution < 1.29 is 5.11 Å². The minimum Gasteiger partial charge on any atom is -0.395 e. The summed E-state index contributed by atoms with van der Waals surface area (Å²) in [7, 11) is 0. The maximum Gasteiger partial charge on any atom is 0.0533 e. The first-order valence-corrected chi connectivity index (χ1v) is 6.45. The second-order valence-electron chi connectivity index (χ2n) is 6.44. The molecule has 0 bridgehead atoms. The van der Waals surface area contributed by atoms with Crippen LogP contribution < -0.4 is 0 Å². The Morgan fingerprint density at radius 3 is 1.76 bits per heavy atom. The van der Waals surface area contributed by atoms with Crippen molar-refractivity contribution in [2.75, 3.05) is 6.61 Å². The van der Waals surface area contributed by atoms with Crippen LogP contribution in [0.25, 0.3) is 0 Å². The highest BCUT2D eigenvalue weighted by Gasteiger charge is 2.62. The molecule has 1 N–H and O–H groups in total. The van der Waals surface area contributed by atoms with Crippen molar-refractivity contribution in [1.29, 1.82) is 0 Å². The van der Waals surface area contributed by atoms with Crippen molar-refractivity contribution in [3.8, 4) is 0 Å². The van der Waals surface area contributed by atoms with Crippen molar-refractivity contribution in [1.82, 2.24) is 0 Å². The molecule has 0 spiro atoms. The summed E-state index contributed by atoms with van der Waals surface area (Å²) in [5.41, 5.74) is 7.07. The van der Waals surface area contributed by atoms with E-state index in [2.05, 4.69) is 47.6 Å². The fourth-order valence-corrected chi connectivity index (χ4v) is 3.42. The second kappa shape index (κ2) is 3.58. The Hall–Kier alpha value is -0.820. The van der Waals surface area contributed by atoms with Gasteiger partial charge < -0.3 is 5.11 Å². The zero-order valence-corrected chi connectivity index (χ0v) is 11.9. The second-order valence-corrected chi connectivity index (χ2v) is 6.44. The molecule has 0 heterocycles. The molecule has 1 unspecified atom stereocenters. The first-order chi connectivity index (χ1) is 7.77. The van der Waals surface area contributed by atoms with E-state index in [1.54, 1.807) is 0 Å². The maximum atomic E-state index is 9.88. The molecule has 1 aliphatic rings. The van der Waals surface area contributed by atoms with Crippen molar-refractivity contribution in [2.24, 2.45) is 5.41 Å². The van der Waals surface area contributed by atoms with Crippen molar-refractivity contribution >= 4 is 0 Å². The molecule has 1 aliphatic carbocycles. The molecule has 1 aromatic carbocycles. The van der Waals surface area contributed by atoms with Crippen LogP contribution >= 0.6 is 0 Å². The average Bonchev–Trinajstić information content (AvgIpc) is 2.80. The van der Waals surface area contributed by atoms with Gasteiger partial charge in [-0.3, -0.25) is 0 Å². The Balaban J connectivity index is 2.68. The topological polar surface area (TPSA) is 20.2 Å². The van der Waals surface area contributed by atoms with Gasteiger partial charge in [-0.25, -0.2) is 0 Å². The number of hydrogen-bond acceptors (Lipinski definition) is 1. The van der Waals surface area contributed by atoms with E-state index in [4.69, 9.17) is 0 Å². The van der Waals surface area contributed by atoms with Crippen LogP contribution in [0.15, 0.2) is 6.07 Å². The predicted molar refractivity (Wildman–Crippen MR) is 72.6 cm³/mol. The van der Waals surface area contributed by atoms with Crippen molar-refractivity contribution in [3.63, 3.8) is 0 Å². The average molecular weight is 232 g/mol. The van der Waals surface area contributed by atoms with Gasteiger partial charge in [0, 0.05) is 5.41 Å². The summed E-state index contributed by atoms with van der Waals surface area (Å²) in [6, 6.07) is 2.26. The quantitative estimate of drug-likeness (QED) is 0.826. The summed E-state index contributed by atoms with van der Waals surface area (Å²) < 4.78 is 0. The molecular weight excluding hydrogens is 208 g/mol. The van der Waals surface area contributed by atoms with E-state index >= 15 is 0 Å². The molecule has 0 aliphatic heterocycles. The van der Waals surface area contributed by atoms with Gasteiger partial charge in [0.15, 0.2) is 0 Å². The molecule has 1 saturated carbocycles. The van der Waals surface area contributed by atoms with Gasteiger partial charge in [0.2, 0.25) is 0 Å². The molecule has 1 aromatic rings. The molecule has 1 nitrogen and oxygen atoms in total. The Kier molecular flexibility index (Phi) is 2.66. The minimum atomic E-state index is -0.00204. The number of aliphatic hydroxyl groups is 1. The summed E-state index contributed by atoms with van der Waals surface area (Å²) in [5.74, 6) is 0. The zero-order valence-electron chi connectivity index (χ0n) is 11.9. The molecule has 94 valence electrons. The van der Waals surface area contributed by atoms with Crippen molar-refractivity contribution in [2.45, 2.75) is 53.4 Å². The fourth-order valence-electron chi connectivity index (χ4n) is 3.42. The molecule has 0 aromatic heterocycles. The Labute approximate surface area is 105 Å². The van der Waals surface area contributed by atoms with E-state index < -0.39 is 0 Å². The van der Waals surface area contributed by atoms with Gasteiger partial charge in [0.25, 0.3) is 0 Å². The highest BCUT2D eigenvalue weighted by molar-refractivity contribution is 5.52. The van der Waals surface area contributed by atoms with E-state index in [9.17, 15) is 5.11 Å². The first kappa shape index (κ1) is 12.6. The van der Waals surface area contributed by atoms with Crippen LogP contribution in [0.5, 0.6) is 0 Å². The van der Waals surface area contributed by atoms with Crippen LogP contribution in [0, 0.1) is 33.1 Å². The van der Waals surface area contributed by atoms with Gasteiger partial charge in [-0.05, 0) is 67.3 Å². The molecule has 0 saturated heterocycles. The first-order valence-electron chi connectivity index (χ1n) is 6.45. The summed E-state index contributed by atoms with van der Waals surface area (Å²) >= 11 is 0. The zero-order chi connectivity index (χ0) is 13.0. The van der Waals surface area contributed by atoms with Gasteiger partial charge >= 0.3 is 0 Å². The monoisotopic (exact) mass is 232 g/mol. The highest BCUT2D eigenvalue weighted by Crippen LogP contribution is 2.65. The third-order valence-electron chi connectivity index (χ3n) is 5.03. The fraction of sp³-hybridized carbons (Fsp3) is 0.625. The third kappa shape index (κ3) is 1.55. The summed E-state index contributed by atoms with van der Waals surface area (Å²) in [6.45, 7) is 13.5. The van der Waals surface area contributed by atoms with Crippen LogP contribution in [0.1, 0.15) is 48.1 Å². The number of rotatable bonds is 2. The van der Waals surface area contributed by atoms with E-state index in [0.29, 0.717) is 0 Å². The third-order valence-corrected chi connectivity index (χ3v) is 5.03. The summed E-state index contributed by atoms with van der Waals surface area (Å²) in [6.07, 6.45) is 1.10. The lowest BCUT2D eigenvalue weighted by Gasteiger charge is -2.25. The molecule has 1 fully saturated rings. The Morgan fingerprint density at radius 1 is 1.06 bits per heavy atom. The minimum absolute atomic E-state index is 0.00204. The Bertz CT molecular complexity index is 445. The molecule has 0 amide bonds. The van der Waals surface area contributed by atoms with Gasteiger partial charge in [-0.15, -0.1) is 0 Å². The highest BCUT2D eigenvalue weighted by atomic mass is 16.3. The van der Waals surface area contributed by atoms with Gasteiger partial charge in [-0.2, -0.15) is 0 Å². The molecule has 1 atom stereocenters. The molecule has 2 rings (SSSR count). The van der Waals surface area contributed by atoms with Crippen LogP contribution in [0.4, 0.5) is 0 Å². The van der Waals surface area contributed by atoms with Crippen LogP contribution in [-0.4, -0.2) is 11.7 Å². The normalized spacial score (nSPS) is 26.1. The number of aliphatic hydroxyl groups excluding tert-OH is 1. The molecule has 0 radical (unpaired) electrons. The van der Waals surface area contributed by atoms with Gasteiger partial charge in [-0.1, -0.05) is 19.9 Å². The number of hydrogen-bond donors (Lipinski definition) is 1. The maximum absolute atomic E-state index is 9.88. The standard InChI is InChI=1S/C16H24O/c1-10-7-11(2)13(4)14(12(10)3)16(9-17)8-15(16,5)6/h7,17H,8-9H2,1-6H3. The van der Waals surface area contributed by atoms with Gasteiger partial charge in [0.05, 0.1) is 6.61 Å². The van der Waals surface area contributed by atoms with Crippen LogP contribution in [0.3, 0.4) is 0 Å². The lowest BCUT2D eigenvalue weighted by atomic mass is 9.80. The van der Waals surface area contributed by atoms with E-state index in [0.717, 1.165) is 6.42 Å². The van der Waals surface area contributed by atoms with Crippen LogP contribution in [-0.2, 0) is 5.41 Å². The lowest BCUT2D eigenvalue weighted by Crippen LogP contribution is -2.22. The largest absolute Gasteiger partial charge is 0.395 e. The smallest absolute Gasteiger partial charge is 0.0533 e. The molecular formula is C16H24O. The number of benzene rings is 1.